The molecule has 2 aromatic heterocycles. The van der Waals surface area contributed by atoms with Crippen molar-refractivity contribution in [1.29, 1.82) is 0 Å². The Labute approximate surface area is 280 Å². The second-order valence-electron chi connectivity index (χ2n) is 14.8. The Balaban J connectivity index is 1.17. The van der Waals surface area contributed by atoms with Gasteiger partial charge >= 0.3 is 12.2 Å². The van der Waals surface area contributed by atoms with Crippen LogP contribution in [0.25, 0.3) is 22.3 Å². The number of halogens is 1. The number of aromatic nitrogens is 4. The normalized spacial score (nSPS) is 19.8. The van der Waals surface area contributed by atoms with Crippen LogP contribution in [0, 0.1) is 17.7 Å². The summed E-state index contributed by atoms with van der Waals surface area (Å²) in [5, 5.41) is 0. The number of H-pyrrole nitrogens is 2. The molecule has 0 bridgehead atoms. The van der Waals surface area contributed by atoms with E-state index >= 15 is 4.39 Å². The topological polar surface area (TPSA) is 116 Å². The Bertz CT molecular complexity index is 1910. The van der Waals surface area contributed by atoms with E-state index in [4.69, 9.17) is 19.4 Å². The van der Waals surface area contributed by atoms with Crippen LogP contribution in [0.4, 0.5) is 14.0 Å². The van der Waals surface area contributed by atoms with Gasteiger partial charge in [0.1, 0.15) is 39.7 Å². The Morgan fingerprint density at radius 2 is 1.62 bits per heavy atom. The highest BCUT2D eigenvalue weighted by Crippen LogP contribution is 2.39. The van der Waals surface area contributed by atoms with E-state index in [-0.39, 0.29) is 17.7 Å². The second-order valence-corrected chi connectivity index (χ2v) is 14.8. The lowest BCUT2D eigenvalue weighted by Gasteiger charge is -2.34. The van der Waals surface area contributed by atoms with Gasteiger partial charge in [0, 0.05) is 36.0 Å². The first-order chi connectivity index (χ1) is 22.6. The van der Waals surface area contributed by atoms with Crippen LogP contribution in [0.3, 0.4) is 0 Å². The van der Waals surface area contributed by atoms with Crippen molar-refractivity contribution in [1.82, 2.24) is 29.7 Å². The molecule has 0 aliphatic carbocycles. The van der Waals surface area contributed by atoms with Gasteiger partial charge in [-0.2, -0.15) is 0 Å². The largest absolute Gasteiger partial charge is 0.444 e. The molecule has 2 atom stereocenters. The number of nitrogens with one attached hydrogen (secondary N) is 2. The summed E-state index contributed by atoms with van der Waals surface area (Å²) in [6, 6.07) is 10.7. The van der Waals surface area contributed by atoms with E-state index in [1.54, 1.807) is 15.9 Å². The van der Waals surface area contributed by atoms with Crippen molar-refractivity contribution in [3.63, 3.8) is 0 Å². The number of benzene rings is 2. The molecule has 2 fully saturated rings. The number of nitrogens with zero attached hydrogens (tertiary/aromatic N) is 4. The molecule has 2 amide bonds. The third kappa shape index (κ3) is 6.89. The number of carbonyl (C=O) groups is 2. The Kier molecular flexibility index (Phi) is 8.48. The molecular weight excluding hydrogens is 611 g/mol. The molecule has 2 aliphatic heterocycles. The second kappa shape index (κ2) is 12.3. The molecule has 48 heavy (non-hydrogen) atoms. The molecule has 6 rings (SSSR count). The average molecular weight is 655 g/mol. The van der Waals surface area contributed by atoms with E-state index in [0.717, 1.165) is 41.9 Å². The summed E-state index contributed by atoms with van der Waals surface area (Å²) >= 11 is 0. The molecule has 1 unspecified atom stereocenters. The number of hydrogen-bond acceptors (Lipinski definition) is 6. The van der Waals surface area contributed by atoms with E-state index < -0.39 is 28.7 Å². The fourth-order valence-corrected chi connectivity index (χ4v) is 6.33. The predicted molar refractivity (Wildman–Crippen MR) is 180 cm³/mol. The number of likely N-dealkylation sites (tertiary alicyclic amines) is 2. The fraction of sp³-hybridized carbons (Fsp3) is 0.459. The van der Waals surface area contributed by atoms with Gasteiger partial charge in [-0.05, 0) is 98.4 Å². The lowest BCUT2D eigenvalue weighted by Crippen LogP contribution is -2.46. The number of carbonyl (C=O) groups excluding carboxylic acids is 2. The maximum Gasteiger partial charge on any atom is 0.411 e. The van der Waals surface area contributed by atoms with Gasteiger partial charge in [-0.25, -0.2) is 23.9 Å². The van der Waals surface area contributed by atoms with Crippen LogP contribution in [-0.2, 0) is 15.0 Å². The van der Waals surface area contributed by atoms with Gasteiger partial charge in [-0.1, -0.05) is 24.0 Å². The van der Waals surface area contributed by atoms with Crippen molar-refractivity contribution in [2.24, 2.45) is 0 Å². The van der Waals surface area contributed by atoms with Crippen LogP contribution in [0.1, 0.15) is 103 Å². The average Bonchev–Trinajstić information content (AvgIpc) is 3.80. The van der Waals surface area contributed by atoms with Crippen LogP contribution in [0.2, 0.25) is 0 Å². The standard InChI is InChI=1S/C37H43FN6O4/c1-35(2,3)47-33(45)43-18-8-10-29(43)31-39-22-28(40-31)25-15-13-23(14-16-25)11-12-24-20-26(38)30-27(21-24)41-32(42-30)37(7)17-9-19-44(37)34(46)48-36(4,5)6/h13-16,20-22,29H,8-10,17-19H2,1-7H3,(H,39,40)(H,41,42)/t29-,37?/m0/s1. The Morgan fingerprint density at radius 3 is 2.33 bits per heavy atom. The first-order valence-corrected chi connectivity index (χ1v) is 16.5. The minimum absolute atomic E-state index is 0.160. The maximum absolute atomic E-state index is 15.3. The molecule has 252 valence electrons. The number of fused-ring (bicyclic) bond motifs is 1. The predicted octanol–water partition coefficient (Wildman–Crippen LogP) is 7.81. The van der Waals surface area contributed by atoms with Crippen LogP contribution >= 0.6 is 0 Å². The van der Waals surface area contributed by atoms with Gasteiger partial charge in [0.2, 0.25) is 0 Å². The summed E-state index contributed by atoms with van der Waals surface area (Å²) in [4.78, 5) is 45.1. The maximum atomic E-state index is 15.3. The number of rotatable bonds is 3. The van der Waals surface area contributed by atoms with E-state index in [1.165, 1.54) is 6.07 Å². The molecular formula is C37H43FN6O4. The van der Waals surface area contributed by atoms with Gasteiger partial charge in [-0.15, -0.1) is 0 Å². The number of imidazole rings is 2. The lowest BCUT2D eigenvalue weighted by molar-refractivity contribution is 0.00861. The quantitative estimate of drug-likeness (QED) is 0.218. The van der Waals surface area contributed by atoms with Crippen molar-refractivity contribution in [2.45, 2.75) is 96.9 Å². The fourth-order valence-electron chi connectivity index (χ4n) is 6.33. The van der Waals surface area contributed by atoms with Gasteiger partial charge < -0.3 is 19.4 Å². The number of amides is 2. The highest BCUT2D eigenvalue weighted by atomic mass is 19.1. The first-order valence-electron chi connectivity index (χ1n) is 16.5. The Morgan fingerprint density at radius 1 is 0.938 bits per heavy atom. The molecule has 10 nitrogen and oxygen atoms in total. The van der Waals surface area contributed by atoms with Crippen LogP contribution in [0.5, 0.6) is 0 Å². The van der Waals surface area contributed by atoms with Crippen LogP contribution in [-0.4, -0.2) is 66.2 Å². The molecule has 4 heterocycles. The molecule has 2 saturated heterocycles. The highest BCUT2D eigenvalue weighted by Gasteiger charge is 2.45. The highest BCUT2D eigenvalue weighted by molar-refractivity contribution is 5.78. The molecule has 2 N–H and O–H groups in total. The zero-order valence-corrected chi connectivity index (χ0v) is 28.7. The van der Waals surface area contributed by atoms with Gasteiger partial charge in [0.05, 0.1) is 17.3 Å². The molecule has 4 aromatic rings. The smallest absolute Gasteiger partial charge is 0.411 e. The van der Waals surface area contributed by atoms with Crippen molar-refractivity contribution < 1.29 is 23.5 Å². The SMILES string of the molecule is CC(C)(C)OC(=O)N1CCC[C@H]1c1nc(-c2ccc(C#Cc3cc(F)c4[nH]c(C5(C)CCCN5C(=O)OC(C)(C)C)nc4c3)cc2)c[nH]1. The first kappa shape index (κ1) is 33.1. The summed E-state index contributed by atoms with van der Waals surface area (Å²) in [6.07, 6.45) is 4.28. The third-order valence-electron chi connectivity index (χ3n) is 8.64. The lowest BCUT2D eigenvalue weighted by atomic mass is 9.98. The van der Waals surface area contributed by atoms with E-state index in [0.29, 0.717) is 36.4 Å². The molecule has 0 spiro atoms. The van der Waals surface area contributed by atoms with Crippen LogP contribution < -0.4 is 0 Å². The van der Waals surface area contributed by atoms with Crippen molar-refractivity contribution in [2.75, 3.05) is 13.1 Å². The summed E-state index contributed by atoms with van der Waals surface area (Å²) < 4.78 is 26.5. The summed E-state index contributed by atoms with van der Waals surface area (Å²) in [6.45, 7) is 14.2. The Hall–Kier alpha value is -4.85. The molecule has 2 aliphatic rings. The van der Waals surface area contributed by atoms with Crippen LogP contribution in [0.15, 0.2) is 42.6 Å². The van der Waals surface area contributed by atoms with E-state index in [2.05, 4.69) is 21.8 Å². The van der Waals surface area contributed by atoms with Crippen molar-refractivity contribution >= 4 is 23.2 Å². The minimum Gasteiger partial charge on any atom is -0.444 e. The van der Waals surface area contributed by atoms with E-state index in [1.807, 2.05) is 78.9 Å². The number of hydrogen-bond donors (Lipinski definition) is 2. The summed E-state index contributed by atoms with van der Waals surface area (Å²) in [7, 11) is 0. The van der Waals surface area contributed by atoms with Crippen molar-refractivity contribution in [3.05, 3.63) is 71.2 Å². The monoisotopic (exact) mass is 654 g/mol. The van der Waals surface area contributed by atoms with Gasteiger partial charge in [-0.3, -0.25) is 9.80 Å². The minimum atomic E-state index is -0.745. The van der Waals surface area contributed by atoms with Crippen molar-refractivity contribution in [3.8, 4) is 23.1 Å². The van der Waals surface area contributed by atoms with E-state index in [9.17, 15) is 9.59 Å². The molecule has 11 heteroatoms. The van der Waals surface area contributed by atoms with Gasteiger partial charge in [0.15, 0.2) is 0 Å². The molecule has 0 saturated carbocycles. The zero-order chi connectivity index (χ0) is 34.4. The zero-order valence-electron chi connectivity index (χ0n) is 28.7. The summed E-state index contributed by atoms with van der Waals surface area (Å²) in [5.41, 5.74) is 1.72. The third-order valence-corrected chi connectivity index (χ3v) is 8.64. The number of aromatic amines is 2. The van der Waals surface area contributed by atoms with Gasteiger partial charge in [0.25, 0.3) is 0 Å². The molecule has 0 radical (unpaired) electrons. The summed E-state index contributed by atoms with van der Waals surface area (Å²) in [5.74, 6) is 6.98. The molecule has 2 aromatic carbocycles. The number of ether oxygens (including phenoxy) is 2.